The minimum atomic E-state index is -0.915. The van der Waals surface area contributed by atoms with Gasteiger partial charge in [-0.1, -0.05) is 48.5 Å². The second-order valence-electron chi connectivity index (χ2n) is 6.33. The quantitative estimate of drug-likeness (QED) is 0.470. The molecule has 26 heavy (non-hydrogen) atoms. The molecule has 3 aromatic carbocycles. The summed E-state index contributed by atoms with van der Waals surface area (Å²) in [6.45, 7) is 0. The highest BCUT2D eigenvalue weighted by atomic mass is 16.4. The first kappa shape index (κ1) is 16.0. The van der Waals surface area contributed by atoms with Crippen molar-refractivity contribution in [2.24, 2.45) is 0 Å². The molecular weight excluding hydrogens is 324 g/mol. The van der Waals surface area contributed by atoms with Gasteiger partial charge in [-0.2, -0.15) is 0 Å². The van der Waals surface area contributed by atoms with Crippen LogP contribution in [-0.4, -0.2) is 16.1 Å². The monoisotopic (exact) mass is 342 g/mol. The number of benzene rings is 3. The molecule has 0 bridgehead atoms. The van der Waals surface area contributed by atoms with Gasteiger partial charge in [0.25, 0.3) is 0 Å². The Balaban J connectivity index is 1.87. The number of hydrogen-bond acceptors (Lipinski definition) is 2. The van der Waals surface area contributed by atoms with Crippen LogP contribution in [0.25, 0.3) is 22.2 Å². The summed E-state index contributed by atoms with van der Waals surface area (Å²) in [7, 11) is 0. The third-order valence-corrected chi connectivity index (χ3v) is 4.55. The Morgan fingerprint density at radius 3 is 2.54 bits per heavy atom. The lowest BCUT2D eigenvalue weighted by molar-refractivity contribution is 0.0697. The number of nitrogens with two attached hydrogens (primary N) is 1. The summed E-state index contributed by atoms with van der Waals surface area (Å²) < 4.78 is 0. The van der Waals surface area contributed by atoms with Crippen LogP contribution < -0.4 is 5.73 Å². The largest absolute Gasteiger partial charge is 0.478 e. The smallest absolute Gasteiger partial charge is 0.335 e. The second-order valence-corrected chi connectivity index (χ2v) is 6.33. The van der Waals surface area contributed by atoms with Gasteiger partial charge in [0.1, 0.15) is 0 Å². The van der Waals surface area contributed by atoms with Crippen molar-refractivity contribution < 1.29 is 9.90 Å². The first-order valence-electron chi connectivity index (χ1n) is 8.39. The second kappa shape index (κ2) is 6.41. The van der Waals surface area contributed by atoms with Crippen LogP contribution in [0.1, 0.15) is 21.5 Å². The number of nitrogens with one attached hydrogen (secondary N) is 1. The van der Waals surface area contributed by atoms with Crippen LogP contribution >= 0.6 is 0 Å². The van der Waals surface area contributed by atoms with Gasteiger partial charge in [0, 0.05) is 23.0 Å². The predicted molar refractivity (Wildman–Crippen MR) is 104 cm³/mol. The van der Waals surface area contributed by atoms with E-state index < -0.39 is 5.97 Å². The molecule has 0 aliphatic carbocycles. The summed E-state index contributed by atoms with van der Waals surface area (Å²) in [5, 5.41) is 10.3. The number of aromatic carboxylic acids is 1. The van der Waals surface area contributed by atoms with Crippen molar-refractivity contribution in [2.75, 3.05) is 5.73 Å². The maximum absolute atomic E-state index is 11.3. The van der Waals surface area contributed by atoms with E-state index in [0.717, 1.165) is 33.3 Å². The molecule has 0 radical (unpaired) electrons. The fourth-order valence-corrected chi connectivity index (χ4v) is 3.33. The molecule has 1 heterocycles. The minimum Gasteiger partial charge on any atom is -0.478 e. The molecule has 1 aromatic heterocycles. The van der Waals surface area contributed by atoms with Crippen LogP contribution in [0.15, 0.2) is 72.8 Å². The van der Waals surface area contributed by atoms with Gasteiger partial charge in [-0.05, 0) is 41.0 Å². The maximum Gasteiger partial charge on any atom is 0.335 e. The average molecular weight is 342 g/mol. The first-order chi connectivity index (χ1) is 12.6. The molecular formula is C22H18N2O2. The molecule has 0 unspecified atom stereocenters. The average Bonchev–Trinajstić information content (AvgIpc) is 3.00. The van der Waals surface area contributed by atoms with E-state index in [1.165, 1.54) is 0 Å². The summed E-state index contributed by atoms with van der Waals surface area (Å²) in [4.78, 5) is 14.8. The number of carbonyl (C=O) groups is 1. The molecule has 0 saturated carbocycles. The number of carboxylic acids is 1. The van der Waals surface area contributed by atoms with E-state index in [1.807, 2.05) is 42.5 Å². The SMILES string of the molecule is Nc1ccc2c(Cc3cccc(C(=O)O)c3)c(-c3ccccc3)[nH]c2c1. The molecule has 4 aromatic rings. The van der Waals surface area contributed by atoms with Crippen LogP contribution in [0.2, 0.25) is 0 Å². The number of fused-ring (bicyclic) bond motifs is 1. The molecule has 0 spiro atoms. The highest BCUT2D eigenvalue weighted by Gasteiger charge is 2.14. The zero-order valence-electron chi connectivity index (χ0n) is 14.1. The van der Waals surface area contributed by atoms with Crippen molar-refractivity contribution in [3.63, 3.8) is 0 Å². The van der Waals surface area contributed by atoms with Gasteiger partial charge in [-0.25, -0.2) is 4.79 Å². The lowest BCUT2D eigenvalue weighted by Crippen LogP contribution is -1.98. The molecule has 0 amide bonds. The van der Waals surface area contributed by atoms with Gasteiger partial charge < -0.3 is 15.8 Å². The number of H-pyrrole nitrogens is 1. The van der Waals surface area contributed by atoms with E-state index in [2.05, 4.69) is 17.1 Å². The Bertz CT molecular complexity index is 1100. The summed E-state index contributed by atoms with van der Waals surface area (Å²) >= 11 is 0. The molecule has 0 aliphatic heterocycles. The van der Waals surface area contributed by atoms with Gasteiger partial charge in [0.05, 0.1) is 11.3 Å². The standard InChI is InChI=1S/C22H18N2O2/c23-17-9-10-18-19(12-14-5-4-8-16(11-14)22(25)26)21(24-20(18)13-17)15-6-2-1-3-7-15/h1-11,13,24H,12,23H2,(H,25,26). The maximum atomic E-state index is 11.3. The van der Waals surface area contributed by atoms with Crippen molar-refractivity contribution in [1.82, 2.24) is 4.98 Å². The molecule has 0 saturated heterocycles. The molecule has 128 valence electrons. The van der Waals surface area contributed by atoms with E-state index in [4.69, 9.17) is 5.73 Å². The third-order valence-electron chi connectivity index (χ3n) is 4.55. The third kappa shape index (κ3) is 2.93. The number of nitrogen functional groups attached to an aromatic ring is 1. The molecule has 0 atom stereocenters. The van der Waals surface area contributed by atoms with Crippen molar-refractivity contribution >= 4 is 22.6 Å². The van der Waals surface area contributed by atoms with Crippen LogP contribution in [0.4, 0.5) is 5.69 Å². The number of hydrogen-bond donors (Lipinski definition) is 3. The van der Waals surface area contributed by atoms with Gasteiger partial charge in [-0.15, -0.1) is 0 Å². The Morgan fingerprint density at radius 2 is 1.77 bits per heavy atom. The summed E-state index contributed by atoms with van der Waals surface area (Å²) in [5.41, 5.74) is 12.1. The molecule has 0 aliphatic rings. The van der Waals surface area contributed by atoms with E-state index >= 15 is 0 Å². The highest BCUT2D eigenvalue weighted by molar-refractivity contribution is 5.93. The number of aromatic amines is 1. The lowest BCUT2D eigenvalue weighted by Gasteiger charge is -2.07. The number of carboxylic acid groups (broad SMARTS) is 1. The van der Waals surface area contributed by atoms with Crippen LogP contribution in [-0.2, 0) is 6.42 Å². The van der Waals surface area contributed by atoms with Crippen LogP contribution in [0, 0.1) is 0 Å². The van der Waals surface area contributed by atoms with Crippen LogP contribution in [0.3, 0.4) is 0 Å². The van der Waals surface area contributed by atoms with Crippen molar-refractivity contribution in [1.29, 1.82) is 0 Å². The number of rotatable bonds is 4. The van der Waals surface area contributed by atoms with E-state index in [-0.39, 0.29) is 0 Å². The Morgan fingerprint density at radius 1 is 0.962 bits per heavy atom. The Labute approximate surface area is 150 Å². The van der Waals surface area contributed by atoms with Crippen molar-refractivity contribution in [3.05, 3.63) is 89.5 Å². The van der Waals surface area contributed by atoms with E-state index in [0.29, 0.717) is 17.7 Å². The van der Waals surface area contributed by atoms with Crippen LogP contribution in [0.5, 0.6) is 0 Å². The van der Waals surface area contributed by atoms with Crippen molar-refractivity contribution in [2.45, 2.75) is 6.42 Å². The van der Waals surface area contributed by atoms with E-state index in [9.17, 15) is 9.90 Å². The minimum absolute atomic E-state index is 0.299. The molecule has 4 nitrogen and oxygen atoms in total. The zero-order valence-corrected chi connectivity index (χ0v) is 14.1. The summed E-state index contributed by atoms with van der Waals surface area (Å²) in [6.07, 6.45) is 0.634. The summed E-state index contributed by atoms with van der Waals surface area (Å²) in [5.74, 6) is -0.915. The van der Waals surface area contributed by atoms with E-state index in [1.54, 1.807) is 18.2 Å². The van der Waals surface area contributed by atoms with Gasteiger partial charge in [0.15, 0.2) is 0 Å². The van der Waals surface area contributed by atoms with Gasteiger partial charge in [0.2, 0.25) is 0 Å². The van der Waals surface area contributed by atoms with Gasteiger partial charge >= 0.3 is 5.97 Å². The Kier molecular flexibility index (Phi) is 3.93. The summed E-state index contributed by atoms with van der Waals surface area (Å²) in [6, 6.07) is 23.0. The predicted octanol–water partition coefficient (Wildman–Crippen LogP) is 4.71. The topological polar surface area (TPSA) is 79.1 Å². The Hall–Kier alpha value is -3.53. The molecule has 0 fully saturated rings. The zero-order chi connectivity index (χ0) is 18.1. The molecule has 4 rings (SSSR count). The lowest BCUT2D eigenvalue weighted by atomic mass is 9.97. The van der Waals surface area contributed by atoms with Crippen molar-refractivity contribution in [3.8, 4) is 11.3 Å². The highest BCUT2D eigenvalue weighted by Crippen LogP contribution is 2.33. The first-order valence-corrected chi connectivity index (χ1v) is 8.39. The molecule has 4 N–H and O–H groups in total. The molecule has 4 heteroatoms. The normalized spacial score (nSPS) is 10.9. The fourth-order valence-electron chi connectivity index (χ4n) is 3.33. The fraction of sp³-hybridized carbons (Fsp3) is 0.0455. The number of anilines is 1. The number of aromatic nitrogens is 1. The van der Waals surface area contributed by atoms with Gasteiger partial charge in [-0.3, -0.25) is 0 Å².